The Morgan fingerprint density at radius 2 is 1.59 bits per heavy atom. The molecule has 0 aromatic heterocycles. The quantitative estimate of drug-likeness (QED) is 0.602. The van der Waals surface area contributed by atoms with E-state index >= 15 is 0 Å². The largest absolute Gasteiger partial charge is 0.497 e. The van der Waals surface area contributed by atoms with Gasteiger partial charge in [-0.15, -0.1) is 0 Å². The molecule has 164 valence electrons. The molecule has 1 aliphatic rings. The smallest absolute Gasteiger partial charge is 0.322 e. The van der Waals surface area contributed by atoms with Crippen LogP contribution in [0.2, 0.25) is 0 Å². The van der Waals surface area contributed by atoms with Crippen LogP contribution in [0.4, 0.5) is 10.5 Å². The number of urea groups is 1. The second kappa shape index (κ2) is 10.0. The summed E-state index contributed by atoms with van der Waals surface area (Å²) in [4.78, 5) is 27.9. The third-order valence-corrected chi connectivity index (χ3v) is 5.69. The summed E-state index contributed by atoms with van der Waals surface area (Å²) in [6.07, 6.45) is 1.42. The fourth-order valence-electron chi connectivity index (χ4n) is 4.07. The van der Waals surface area contributed by atoms with Crippen LogP contribution in [0.25, 0.3) is 0 Å². The molecule has 1 heterocycles. The summed E-state index contributed by atoms with van der Waals surface area (Å²) in [7, 11) is 1.58. The molecule has 3 amide bonds. The van der Waals surface area contributed by atoms with Gasteiger partial charge in [0.05, 0.1) is 13.2 Å². The Bertz CT molecular complexity index is 1020. The monoisotopic (exact) mass is 429 g/mol. The highest BCUT2D eigenvalue weighted by Crippen LogP contribution is 2.25. The zero-order valence-corrected chi connectivity index (χ0v) is 18.0. The lowest BCUT2D eigenvalue weighted by atomic mass is 9.98. The van der Waals surface area contributed by atoms with Crippen molar-refractivity contribution in [3.63, 3.8) is 0 Å². The van der Waals surface area contributed by atoms with Crippen molar-refractivity contribution in [2.45, 2.75) is 24.9 Å². The number of hydrogen-bond acceptors (Lipinski definition) is 3. The molecule has 1 atom stereocenters. The van der Waals surface area contributed by atoms with E-state index in [4.69, 9.17) is 4.74 Å². The Kier molecular flexibility index (Phi) is 6.70. The second-order valence-corrected chi connectivity index (χ2v) is 7.78. The average Bonchev–Trinajstić information content (AvgIpc) is 3.34. The summed E-state index contributed by atoms with van der Waals surface area (Å²) in [5.41, 5.74) is 2.63. The number of amides is 3. The fraction of sp³-hybridized carbons (Fsp3) is 0.231. The van der Waals surface area contributed by atoms with Gasteiger partial charge in [-0.05, 0) is 36.1 Å². The third kappa shape index (κ3) is 4.91. The summed E-state index contributed by atoms with van der Waals surface area (Å²) in [5.74, 6) is 0.507. The van der Waals surface area contributed by atoms with Gasteiger partial charge in [-0.25, -0.2) is 4.79 Å². The van der Waals surface area contributed by atoms with Crippen LogP contribution in [-0.2, 0) is 4.79 Å². The van der Waals surface area contributed by atoms with Gasteiger partial charge in [0, 0.05) is 18.3 Å². The van der Waals surface area contributed by atoms with Crippen LogP contribution in [0.5, 0.6) is 5.75 Å². The maximum absolute atomic E-state index is 13.3. The Morgan fingerprint density at radius 1 is 0.938 bits per heavy atom. The van der Waals surface area contributed by atoms with E-state index in [-0.39, 0.29) is 18.0 Å². The van der Waals surface area contributed by atoms with E-state index in [1.165, 1.54) is 0 Å². The molecule has 4 rings (SSSR count). The number of nitrogens with one attached hydrogen (secondary N) is 2. The predicted octanol–water partition coefficient (Wildman–Crippen LogP) is 4.60. The van der Waals surface area contributed by atoms with E-state index in [9.17, 15) is 9.59 Å². The van der Waals surface area contributed by atoms with Crippen molar-refractivity contribution < 1.29 is 14.3 Å². The minimum atomic E-state index is -0.518. The van der Waals surface area contributed by atoms with E-state index in [1.807, 2.05) is 72.8 Å². The highest BCUT2D eigenvalue weighted by atomic mass is 16.5. The molecular weight excluding hydrogens is 402 g/mol. The fourth-order valence-corrected chi connectivity index (χ4v) is 4.07. The highest BCUT2D eigenvalue weighted by Gasteiger charge is 2.35. The van der Waals surface area contributed by atoms with Crippen molar-refractivity contribution in [3.8, 4) is 5.75 Å². The van der Waals surface area contributed by atoms with Crippen molar-refractivity contribution >= 4 is 17.6 Å². The van der Waals surface area contributed by atoms with Crippen LogP contribution >= 0.6 is 0 Å². The molecule has 0 unspecified atom stereocenters. The maximum Gasteiger partial charge on any atom is 0.322 e. The van der Waals surface area contributed by atoms with Crippen molar-refractivity contribution in [2.75, 3.05) is 19.0 Å². The summed E-state index contributed by atoms with van der Waals surface area (Å²) in [5, 5.41) is 6.07. The Labute approximate surface area is 188 Å². The van der Waals surface area contributed by atoms with Gasteiger partial charge in [0.25, 0.3) is 0 Å². The first-order valence-electron chi connectivity index (χ1n) is 10.8. The zero-order valence-electron chi connectivity index (χ0n) is 18.0. The van der Waals surface area contributed by atoms with E-state index in [2.05, 4.69) is 10.6 Å². The maximum atomic E-state index is 13.3. The summed E-state index contributed by atoms with van der Waals surface area (Å²) >= 11 is 0. The molecule has 3 aromatic rings. The first-order chi connectivity index (χ1) is 15.7. The number of ether oxygens (including phenoxy) is 1. The zero-order chi connectivity index (χ0) is 22.3. The van der Waals surface area contributed by atoms with Crippen molar-refractivity contribution in [1.82, 2.24) is 10.2 Å². The van der Waals surface area contributed by atoms with E-state index in [1.54, 1.807) is 24.1 Å². The Hall–Kier alpha value is -3.80. The van der Waals surface area contributed by atoms with Crippen molar-refractivity contribution in [2.24, 2.45) is 0 Å². The molecule has 1 saturated heterocycles. The molecule has 1 fully saturated rings. The minimum Gasteiger partial charge on any atom is -0.497 e. The van der Waals surface area contributed by atoms with Crippen LogP contribution in [0.3, 0.4) is 0 Å². The third-order valence-electron chi connectivity index (χ3n) is 5.69. The topological polar surface area (TPSA) is 70.7 Å². The molecule has 0 saturated carbocycles. The summed E-state index contributed by atoms with van der Waals surface area (Å²) in [6.45, 7) is 0.537. The summed E-state index contributed by atoms with van der Waals surface area (Å²) in [6, 6.07) is 25.8. The van der Waals surface area contributed by atoms with Gasteiger partial charge in [0.2, 0.25) is 5.91 Å². The second-order valence-electron chi connectivity index (χ2n) is 7.78. The number of carbonyl (C=O) groups is 2. The predicted molar refractivity (Wildman–Crippen MR) is 125 cm³/mol. The molecule has 0 radical (unpaired) electrons. The van der Waals surface area contributed by atoms with Gasteiger partial charge in [0.15, 0.2) is 0 Å². The molecule has 32 heavy (non-hydrogen) atoms. The number of likely N-dealkylation sites (tertiary alicyclic amines) is 1. The number of nitrogens with zero attached hydrogens (tertiary/aromatic N) is 1. The van der Waals surface area contributed by atoms with Gasteiger partial charge < -0.3 is 20.3 Å². The number of methoxy groups -OCH3 is 1. The lowest BCUT2D eigenvalue weighted by molar-refractivity contribution is -0.125. The standard InChI is InChI=1S/C26H27N3O3/c1-32-22-15-8-14-21(18-22)27-26(31)29-17-9-16-23(29)25(30)28-24(19-10-4-2-5-11-19)20-12-6-3-7-13-20/h2-8,10-15,18,23-24H,9,16-17H2,1H3,(H,27,31)(H,28,30)/t23-/m0/s1. The molecule has 6 nitrogen and oxygen atoms in total. The molecule has 3 aromatic carbocycles. The van der Waals surface area contributed by atoms with Gasteiger partial charge in [-0.1, -0.05) is 66.7 Å². The van der Waals surface area contributed by atoms with Gasteiger partial charge in [-0.3, -0.25) is 4.79 Å². The number of benzene rings is 3. The first kappa shape index (κ1) is 21.4. The van der Waals surface area contributed by atoms with Crippen LogP contribution in [0.15, 0.2) is 84.9 Å². The van der Waals surface area contributed by atoms with Gasteiger partial charge in [0.1, 0.15) is 11.8 Å². The molecule has 0 spiro atoms. The number of rotatable bonds is 6. The SMILES string of the molecule is COc1cccc(NC(=O)N2CCC[C@H]2C(=O)NC(c2ccccc2)c2ccccc2)c1. The van der Waals surface area contributed by atoms with Gasteiger partial charge >= 0.3 is 6.03 Å². The lowest BCUT2D eigenvalue weighted by Gasteiger charge is -2.27. The van der Waals surface area contributed by atoms with Crippen molar-refractivity contribution in [1.29, 1.82) is 0 Å². The van der Waals surface area contributed by atoms with Crippen molar-refractivity contribution in [3.05, 3.63) is 96.1 Å². The molecular formula is C26H27N3O3. The van der Waals surface area contributed by atoms with E-state index < -0.39 is 6.04 Å². The van der Waals surface area contributed by atoms with Crippen LogP contribution < -0.4 is 15.4 Å². The Morgan fingerprint density at radius 3 is 2.22 bits per heavy atom. The molecule has 0 aliphatic carbocycles. The average molecular weight is 430 g/mol. The summed E-state index contributed by atoms with van der Waals surface area (Å²) < 4.78 is 5.22. The van der Waals surface area contributed by atoms with E-state index in [0.29, 0.717) is 24.4 Å². The van der Waals surface area contributed by atoms with Crippen LogP contribution in [0.1, 0.15) is 30.0 Å². The number of carbonyl (C=O) groups excluding carboxylic acids is 2. The van der Waals surface area contributed by atoms with E-state index in [0.717, 1.165) is 17.5 Å². The van der Waals surface area contributed by atoms with Crippen LogP contribution in [-0.4, -0.2) is 36.5 Å². The Balaban J connectivity index is 1.50. The number of hydrogen-bond donors (Lipinski definition) is 2. The lowest BCUT2D eigenvalue weighted by Crippen LogP contribution is -2.48. The minimum absolute atomic E-state index is 0.152. The highest BCUT2D eigenvalue weighted by molar-refractivity contribution is 5.94. The number of anilines is 1. The van der Waals surface area contributed by atoms with Crippen LogP contribution in [0, 0.1) is 0 Å². The normalized spacial score (nSPS) is 15.4. The molecule has 0 bridgehead atoms. The first-order valence-corrected chi connectivity index (χ1v) is 10.8. The molecule has 6 heteroatoms. The molecule has 2 N–H and O–H groups in total. The molecule has 1 aliphatic heterocycles. The van der Waals surface area contributed by atoms with Gasteiger partial charge in [-0.2, -0.15) is 0 Å².